The molecular weight excluding hydrogens is 323 g/mol. The number of halogens is 1. The van der Waals surface area contributed by atoms with E-state index in [1.165, 1.54) is 23.9 Å². The first-order chi connectivity index (χ1) is 12.0. The van der Waals surface area contributed by atoms with E-state index >= 15 is 0 Å². The van der Waals surface area contributed by atoms with E-state index in [1.54, 1.807) is 25.3 Å². The number of hydrogen-bond acceptors (Lipinski definition) is 6. The minimum Gasteiger partial charge on any atom is -0.293 e. The maximum Gasteiger partial charge on any atom is 0.221 e. The van der Waals surface area contributed by atoms with Crippen LogP contribution in [-0.4, -0.2) is 35.7 Å². The Bertz CT molecular complexity index is 1120. The summed E-state index contributed by atoms with van der Waals surface area (Å²) in [4.78, 5) is 24.0. The lowest BCUT2D eigenvalue weighted by Crippen LogP contribution is -2.12. The Morgan fingerprint density at radius 1 is 1.28 bits per heavy atom. The van der Waals surface area contributed by atoms with Crippen LogP contribution in [0.5, 0.6) is 0 Å². The molecule has 3 aromatic heterocycles. The van der Waals surface area contributed by atoms with Crippen molar-refractivity contribution in [2.45, 2.75) is 19.9 Å². The summed E-state index contributed by atoms with van der Waals surface area (Å²) in [7, 11) is 0. The summed E-state index contributed by atoms with van der Waals surface area (Å²) in [6.07, 6.45) is 2.98. The first kappa shape index (κ1) is 15.3. The molecule has 0 aliphatic rings. The van der Waals surface area contributed by atoms with Crippen molar-refractivity contribution in [3.05, 3.63) is 53.7 Å². The molecule has 0 aliphatic heterocycles. The quantitative estimate of drug-likeness (QED) is 0.535. The predicted molar refractivity (Wildman–Crippen MR) is 88.6 cm³/mol. The van der Waals surface area contributed by atoms with E-state index in [0.29, 0.717) is 22.4 Å². The third kappa shape index (κ3) is 2.51. The van der Waals surface area contributed by atoms with Crippen molar-refractivity contribution < 1.29 is 9.18 Å². The van der Waals surface area contributed by atoms with Gasteiger partial charge in [0.1, 0.15) is 11.5 Å². The molecule has 0 N–H and O–H groups in total. The molecule has 4 rings (SSSR count). The summed E-state index contributed by atoms with van der Waals surface area (Å²) in [5, 5.41) is 8.82. The molecule has 0 radical (unpaired) electrons. The zero-order valence-corrected chi connectivity index (χ0v) is 13.5. The molecule has 0 saturated carbocycles. The van der Waals surface area contributed by atoms with Gasteiger partial charge in [-0.05, 0) is 19.1 Å². The highest BCUT2D eigenvalue weighted by atomic mass is 19.1. The molecule has 0 aliphatic carbocycles. The number of aromatic nitrogens is 6. The van der Waals surface area contributed by atoms with E-state index in [-0.39, 0.29) is 11.5 Å². The molecule has 7 nitrogen and oxygen atoms in total. The molecule has 0 spiro atoms. The first-order valence-electron chi connectivity index (χ1n) is 7.67. The number of Topliss-reactive ketones (excluding diaryl/α,β-unsaturated/α-hetero) is 1. The largest absolute Gasteiger partial charge is 0.293 e. The zero-order valence-electron chi connectivity index (χ0n) is 13.5. The Morgan fingerprint density at radius 3 is 2.92 bits per heavy atom. The number of pyridine rings is 1. The van der Waals surface area contributed by atoms with Crippen LogP contribution >= 0.6 is 0 Å². The zero-order chi connectivity index (χ0) is 17.6. The van der Waals surface area contributed by atoms with Crippen molar-refractivity contribution in [1.29, 1.82) is 0 Å². The lowest BCUT2D eigenvalue weighted by Gasteiger charge is -2.14. The maximum atomic E-state index is 14.6. The molecule has 0 bridgehead atoms. The van der Waals surface area contributed by atoms with Crippen LogP contribution in [0.25, 0.3) is 22.2 Å². The smallest absolute Gasteiger partial charge is 0.221 e. The van der Waals surface area contributed by atoms with Crippen LogP contribution in [-0.2, 0) is 0 Å². The van der Waals surface area contributed by atoms with E-state index in [2.05, 4.69) is 25.3 Å². The van der Waals surface area contributed by atoms with Crippen LogP contribution < -0.4 is 0 Å². The fourth-order valence-electron chi connectivity index (χ4n) is 2.72. The fraction of sp³-hybridized carbons (Fsp3) is 0.176. The predicted octanol–water partition coefficient (Wildman–Crippen LogP) is 2.72. The van der Waals surface area contributed by atoms with E-state index in [9.17, 15) is 9.18 Å². The molecule has 3 heterocycles. The average molecular weight is 336 g/mol. The summed E-state index contributed by atoms with van der Waals surface area (Å²) in [6, 6.07) is 6.31. The number of hydrogen-bond donors (Lipinski definition) is 0. The summed E-state index contributed by atoms with van der Waals surface area (Å²) < 4.78 is 16.0. The standard InChI is InChI=1S/C17H13FN6O/c1-9(12-6-11-4-3-5-19-14(11)7-13(12)18)24-17-16(22-23-24)20-8-15(21-17)10(2)25/h3-9H,1-2H3. The van der Waals surface area contributed by atoms with Gasteiger partial charge in [-0.25, -0.2) is 19.0 Å². The summed E-state index contributed by atoms with van der Waals surface area (Å²) in [5.41, 5.74) is 1.87. The van der Waals surface area contributed by atoms with Gasteiger partial charge in [0.2, 0.25) is 5.65 Å². The lowest BCUT2D eigenvalue weighted by atomic mass is 10.0. The average Bonchev–Trinajstić information content (AvgIpc) is 3.03. The van der Waals surface area contributed by atoms with Crippen LogP contribution in [0.15, 0.2) is 36.7 Å². The van der Waals surface area contributed by atoms with Crippen LogP contribution in [0.3, 0.4) is 0 Å². The second-order valence-corrected chi connectivity index (χ2v) is 5.74. The minimum absolute atomic E-state index is 0.210. The molecule has 0 saturated heterocycles. The maximum absolute atomic E-state index is 14.6. The van der Waals surface area contributed by atoms with Gasteiger partial charge in [-0.1, -0.05) is 11.3 Å². The molecule has 25 heavy (non-hydrogen) atoms. The topological polar surface area (TPSA) is 86.5 Å². The second-order valence-electron chi connectivity index (χ2n) is 5.74. The highest BCUT2D eigenvalue weighted by molar-refractivity contribution is 5.93. The van der Waals surface area contributed by atoms with Gasteiger partial charge < -0.3 is 0 Å². The number of carbonyl (C=O) groups excluding carboxylic acids is 1. The monoisotopic (exact) mass is 336 g/mol. The lowest BCUT2D eigenvalue weighted by molar-refractivity contribution is 0.101. The number of fused-ring (bicyclic) bond motifs is 2. The van der Waals surface area contributed by atoms with Gasteiger partial charge in [-0.3, -0.25) is 9.78 Å². The third-order valence-corrected chi connectivity index (χ3v) is 4.09. The van der Waals surface area contributed by atoms with Crippen LogP contribution in [0.2, 0.25) is 0 Å². The number of benzene rings is 1. The fourth-order valence-corrected chi connectivity index (χ4v) is 2.72. The Balaban J connectivity index is 1.87. The van der Waals surface area contributed by atoms with Crippen LogP contribution in [0, 0.1) is 5.82 Å². The van der Waals surface area contributed by atoms with Gasteiger partial charge in [0.15, 0.2) is 11.4 Å². The Morgan fingerprint density at radius 2 is 2.12 bits per heavy atom. The molecule has 1 unspecified atom stereocenters. The van der Waals surface area contributed by atoms with Crippen molar-refractivity contribution in [2.24, 2.45) is 0 Å². The molecule has 8 heteroatoms. The normalized spacial score (nSPS) is 12.6. The molecular formula is C17H13FN6O. The van der Waals surface area contributed by atoms with Gasteiger partial charge in [0.25, 0.3) is 0 Å². The van der Waals surface area contributed by atoms with Crippen LogP contribution in [0.4, 0.5) is 4.39 Å². The number of rotatable bonds is 3. The summed E-state index contributed by atoms with van der Waals surface area (Å²) in [5.74, 6) is -0.601. The van der Waals surface area contributed by atoms with E-state index in [4.69, 9.17) is 0 Å². The number of nitrogens with zero attached hydrogens (tertiary/aromatic N) is 6. The van der Waals surface area contributed by atoms with Gasteiger partial charge in [0.05, 0.1) is 17.8 Å². The Labute approximate surface area is 141 Å². The molecule has 1 atom stereocenters. The second kappa shape index (κ2) is 5.66. The van der Waals surface area contributed by atoms with Gasteiger partial charge in [-0.15, -0.1) is 5.10 Å². The minimum atomic E-state index is -0.480. The summed E-state index contributed by atoms with van der Waals surface area (Å²) >= 11 is 0. The SMILES string of the molecule is CC(=O)c1cnc2nnn(C(C)c3cc4cccnc4cc3F)c2n1. The number of carbonyl (C=O) groups is 1. The Hall–Kier alpha value is -3.29. The van der Waals surface area contributed by atoms with Crippen molar-refractivity contribution >= 4 is 28.0 Å². The van der Waals surface area contributed by atoms with Crippen molar-refractivity contribution in [2.75, 3.05) is 0 Å². The van der Waals surface area contributed by atoms with E-state index in [1.807, 2.05) is 6.07 Å². The first-order valence-corrected chi connectivity index (χ1v) is 7.67. The van der Waals surface area contributed by atoms with Crippen molar-refractivity contribution in [3.63, 3.8) is 0 Å². The summed E-state index contributed by atoms with van der Waals surface area (Å²) in [6.45, 7) is 3.19. The Kier molecular flexibility index (Phi) is 3.45. The molecule has 0 amide bonds. The molecule has 4 aromatic rings. The molecule has 124 valence electrons. The number of ketones is 1. The van der Waals surface area contributed by atoms with E-state index in [0.717, 1.165) is 5.39 Å². The van der Waals surface area contributed by atoms with E-state index < -0.39 is 11.9 Å². The van der Waals surface area contributed by atoms with Gasteiger partial charge >= 0.3 is 0 Å². The van der Waals surface area contributed by atoms with Crippen molar-refractivity contribution in [1.82, 2.24) is 29.9 Å². The highest BCUT2D eigenvalue weighted by Gasteiger charge is 2.20. The van der Waals surface area contributed by atoms with Crippen molar-refractivity contribution in [3.8, 4) is 0 Å². The van der Waals surface area contributed by atoms with Gasteiger partial charge in [-0.2, -0.15) is 0 Å². The third-order valence-electron chi connectivity index (χ3n) is 4.09. The van der Waals surface area contributed by atoms with Gasteiger partial charge in [0, 0.05) is 30.1 Å². The molecule has 0 fully saturated rings. The van der Waals surface area contributed by atoms with Crippen LogP contribution in [0.1, 0.15) is 35.9 Å². The highest BCUT2D eigenvalue weighted by Crippen LogP contribution is 2.26. The molecule has 1 aromatic carbocycles.